The van der Waals surface area contributed by atoms with Crippen molar-refractivity contribution in [2.75, 3.05) is 0 Å². The molecule has 0 aromatic heterocycles. The molecule has 3 nitrogen and oxygen atoms in total. The Morgan fingerprint density at radius 2 is 1.32 bits per heavy atom. The van der Waals surface area contributed by atoms with E-state index in [4.69, 9.17) is 23.2 Å². The lowest BCUT2D eigenvalue weighted by atomic mass is 10.1. The highest BCUT2D eigenvalue weighted by atomic mass is 35.5. The molecule has 0 atom stereocenters. The fraction of sp³-hybridized carbons (Fsp3) is 0.0526. The quantitative estimate of drug-likeness (QED) is 0.654. The van der Waals surface area contributed by atoms with Crippen LogP contribution in [0.4, 0.5) is 0 Å². The molecule has 0 saturated heterocycles. The summed E-state index contributed by atoms with van der Waals surface area (Å²) in [5, 5.41) is 0.933. The van der Waals surface area contributed by atoms with E-state index in [2.05, 4.69) is 4.72 Å². The van der Waals surface area contributed by atoms with Crippen molar-refractivity contribution in [3.05, 3.63) is 88.4 Å². The Morgan fingerprint density at radius 1 is 0.760 bits per heavy atom. The second kappa shape index (κ2) is 7.58. The van der Waals surface area contributed by atoms with Crippen LogP contribution < -0.4 is 4.72 Å². The highest BCUT2D eigenvalue weighted by Gasteiger charge is 2.14. The molecule has 0 heterocycles. The maximum atomic E-state index is 12.4. The molecular formula is C19H15Cl2NO2S. The third kappa shape index (κ3) is 4.61. The molecule has 0 unspecified atom stereocenters. The van der Waals surface area contributed by atoms with Gasteiger partial charge in [-0.1, -0.05) is 65.7 Å². The van der Waals surface area contributed by atoms with Gasteiger partial charge < -0.3 is 0 Å². The molecular weight excluding hydrogens is 377 g/mol. The van der Waals surface area contributed by atoms with Gasteiger partial charge >= 0.3 is 0 Å². The molecule has 3 aromatic rings. The van der Waals surface area contributed by atoms with Crippen molar-refractivity contribution in [1.29, 1.82) is 0 Å². The van der Waals surface area contributed by atoms with E-state index in [0.29, 0.717) is 15.6 Å². The number of nitrogens with one attached hydrogen (secondary N) is 1. The summed E-state index contributed by atoms with van der Waals surface area (Å²) >= 11 is 11.9. The lowest BCUT2D eigenvalue weighted by Gasteiger charge is -2.09. The molecule has 128 valence electrons. The SMILES string of the molecule is O=S(=O)(NCc1cc(Cl)cc(Cl)c1)c1ccc(-c2ccccc2)cc1. The minimum Gasteiger partial charge on any atom is -0.207 e. The van der Waals surface area contributed by atoms with Gasteiger partial charge in [0.15, 0.2) is 0 Å². The van der Waals surface area contributed by atoms with Crippen LogP contribution in [0.1, 0.15) is 5.56 Å². The molecule has 0 bridgehead atoms. The minimum absolute atomic E-state index is 0.114. The average molecular weight is 392 g/mol. The standard InChI is InChI=1S/C19H15Cl2NO2S/c20-17-10-14(11-18(21)12-17)13-22-25(23,24)19-8-6-16(7-9-19)15-4-2-1-3-5-15/h1-12,22H,13H2. The molecule has 0 radical (unpaired) electrons. The molecule has 0 aliphatic carbocycles. The van der Waals surface area contributed by atoms with E-state index in [1.54, 1.807) is 42.5 Å². The highest BCUT2D eigenvalue weighted by Crippen LogP contribution is 2.22. The topological polar surface area (TPSA) is 46.2 Å². The zero-order chi connectivity index (χ0) is 17.9. The van der Waals surface area contributed by atoms with Gasteiger partial charge in [0.2, 0.25) is 10.0 Å². The van der Waals surface area contributed by atoms with Crippen molar-refractivity contribution in [2.24, 2.45) is 0 Å². The fourth-order valence-corrected chi connectivity index (χ4v) is 4.02. The zero-order valence-electron chi connectivity index (χ0n) is 13.1. The molecule has 0 saturated carbocycles. The van der Waals surface area contributed by atoms with Gasteiger partial charge in [-0.15, -0.1) is 0 Å². The summed E-state index contributed by atoms with van der Waals surface area (Å²) in [4.78, 5) is 0.209. The van der Waals surface area contributed by atoms with Crippen molar-refractivity contribution in [3.63, 3.8) is 0 Å². The lowest BCUT2D eigenvalue weighted by Crippen LogP contribution is -2.23. The Labute approximate surface area is 157 Å². The van der Waals surface area contributed by atoms with Crippen LogP contribution in [0.3, 0.4) is 0 Å². The van der Waals surface area contributed by atoms with Crippen molar-refractivity contribution >= 4 is 33.2 Å². The summed E-state index contributed by atoms with van der Waals surface area (Å²) in [6.07, 6.45) is 0. The third-order valence-electron chi connectivity index (χ3n) is 3.66. The molecule has 6 heteroatoms. The number of sulfonamides is 1. The van der Waals surface area contributed by atoms with Crippen LogP contribution in [0.25, 0.3) is 11.1 Å². The monoisotopic (exact) mass is 391 g/mol. The maximum Gasteiger partial charge on any atom is 0.240 e. The molecule has 0 amide bonds. The van der Waals surface area contributed by atoms with Gasteiger partial charge in [0.05, 0.1) is 4.90 Å². The van der Waals surface area contributed by atoms with Crippen molar-refractivity contribution < 1.29 is 8.42 Å². The molecule has 3 rings (SSSR count). The highest BCUT2D eigenvalue weighted by molar-refractivity contribution is 7.89. The van der Waals surface area contributed by atoms with E-state index in [0.717, 1.165) is 11.1 Å². The second-order valence-electron chi connectivity index (χ2n) is 5.49. The smallest absolute Gasteiger partial charge is 0.207 e. The van der Waals surface area contributed by atoms with E-state index in [9.17, 15) is 8.42 Å². The first-order valence-electron chi connectivity index (χ1n) is 7.54. The van der Waals surface area contributed by atoms with Gasteiger partial charge in [0.25, 0.3) is 0 Å². The summed E-state index contributed by atoms with van der Waals surface area (Å²) in [5.74, 6) is 0. The Kier molecular flexibility index (Phi) is 5.45. The summed E-state index contributed by atoms with van der Waals surface area (Å²) in [6, 6.07) is 21.5. The van der Waals surface area contributed by atoms with Crippen LogP contribution in [0, 0.1) is 0 Å². The lowest BCUT2D eigenvalue weighted by molar-refractivity contribution is 0.581. The van der Waals surface area contributed by atoms with E-state index in [1.165, 1.54) is 0 Å². The van der Waals surface area contributed by atoms with Gasteiger partial charge in [-0.3, -0.25) is 0 Å². The molecule has 0 aliphatic rings. The number of rotatable bonds is 5. The predicted molar refractivity (Wildman–Crippen MR) is 102 cm³/mol. The summed E-state index contributed by atoms with van der Waals surface area (Å²) < 4.78 is 27.5. The van der Waals surface area contributed by atoms with E-state index in [-0.39, 0.29) is 11.4 Å². The van der Waals surface area contributed by atoms with Gasteiger partial charge in [-0.2, -0.15) is 0 Å². The Balaban J connectivity index is 1.76. The third-order valence-corrected chi connectivity index (χ3v) is 5.51. The maximum absolute atomic E-state index is 12.4. The number of halogens is 2. The molecule has 3 aromatic carbocycles. The molecule has 0 spiro atoms. The fourth-order valence-electron chi connectivity index (χ4n) is 2.43. The van der Waals surface area contributed by atoms with E-state index >= 15 is 0 Å². The van der Waals surface area contributed by atoms with Crippen LogP contribution in [0.15, 0.2) is 77.7 Å². The van der Waals surface area contributed by atoms with Crippen LogP contribution in [-0.4, -0.2) is 8.42 Å². The normalized spacial score (nSPS) is 11.4. The van der Waals surface area contributed by atoms with Crippen LogP contribution in [0.2, 0.25) is 10.0 Å². The first-order chi connectivity index (χ1) is 11.9. The van der Waals surface area contributed by atoms with Crippen molar-refractivity contribution in [2.45, 2.75) is 11.4 Å². The molecule has 25 heavy (non-hydrogen) atoms. The summed E-state index contributed by atoms with van der Waals surface area (Å²) in [5.41, 5.74) is 2.69. The van der Waals surface area contributed by atoms with Crippen molar-refractivity contribution in [3.8, 4) is 11.1 Å². The minimum atomic E-state index is -3.62. The predicted octanol–water partition coefficient (Wildman–Crippen LogP) is 5.14. The van der Waals surface area contributed by atoms with Gasteiger partial charge in [-0.05, 0) is 47.0 Å². The second-order valence-corrected chi connectivity index (χ2v) is 8.13. The van der Waals surface area contributed by atoms with Crippen LogP contribution in [0.5, 0.6) is 0 Å². The Hall–Kier alpha value is -1.85. The zero-order valence-corrected chi connectivity index (χ0v) is 15.4. The Morgan fingerprint density at radius 3 is 1.92 bits per heavy atom. The van der Waals surface area contributed by atoms with Crippen LogP contribution >= 0.6 is 23.2 Å². The van der Waals surface area contributed by atoms with Gasteiger partial charge in [-0.25, -0.2) is 13.1 Å². The largest absolute Gasteiger partial charge is 0.240 e. The summed E-state index contributed by atoms with van der Waals surface area (Å²) in [6.45, 7) is 0.114. The van der Waals surface area contributed by atoms with Gasteiger partial charge in [0.1, 0.15) is 0 Å². The molecule has 0 fully saturated rings. The first-order valence-corrected chi connectivity index (χ1v) is 9.78. The van der Waals surface area contributed by atoms with Gasteiger partial charge in [0, 0.05) is 16.6 Å². The number of hydrogen-bond acceptors (Lipinski definition) is 2. The van der Waals surface area contributed by atoms with E-state index in [1.807, 2.05) is 30.3 Å². The first kappa shape index (κ1) is 18.0. The van der Waals surface area contributed by atoms with Crippen molar-refractivity contribution in [1.82, 2.24) is 4.72 Å². The van der Waals surface area contributed by atoms with Crippen LogP contribution in [-0.2, 0) is 16.6 Å². The molecule has 1 N–H and O–H groups in total. The molecule has 0 aliphatic heterocycles. The number of hydrogen-bond donors (Lipinski definition) is 1. The summed E-state index contributed by atoms with van der Waals surface area (Å²) in [7, 11) is -3.62. The average Bonchev–Trinajstić information content (AvgIpc) is 2.60. The number of benzene rings is 3. The Bertz CT molecular complexity index is 952. The van der Waals surface area contributed by atoms with E-state index < -0.39 is 10.0 Å².